The van der Waals surface area contributed by atoms with E-state index >= 15 is 0 Å². The molecule has 9 heteroatoms. The lowest BCUT2D eigenvalue weighted by Gasteiger charge is -2.20. The lowest BCUT2D eigenvalue weighted by Crippen LogP contribution is -2.33. The van der Waals surface area contributed by atoms with Crippen molar-refractivity contribution in [2.24, 2.45) is 0 Å². The first-order chi connectivity index (χ1) is 13.8. The quantitative estimate of drug-likeness (QED) is 0.412. The van der Waals surface area contributed by atoms with Crippen molar-refractivity contribution < 1.29 is 23.8 Å². The Kier molecular flexibility index (Phi) is 10.4. The van der Waals surface area contributed by atoms with Crippen molar-refractivity contribution in [2.45, 2.75) is 65.6 Å². The largest absolute Gasteiger partial charge is 0.491 e. The van der Waals surface area contributed by atoms with Crippen LogP contribution in [0.4, 0.5) is 9.59 Å². The molecule has 1 aromatic carbocycles. The molecular formula is C21H32Br2N2O5. The molecule has 0 aromatic heterocycles. The predicted molar refractivity (Wildman–Crippen MR) is 124 cm³/mol. The van der Waals surface area contributed by atoms with E-state index in [1.165, 1.54) is 0 Å². The molecule has 0 atom stereocenters. The predicted octanol–water partition coefficient (Wildman–Crippen LogP) is 5.57. The fraction of sp³-hybridized carbons (Fsp3) is 0.619. The summed E-state index contributed by atoms with van der Waals surface area (Å²) in [7, 11) is 0. The zero-order valence-electron chi connectivity index (χ0n) is 18.5. The second-order valence-electron chi connectivity index (χ2n) is 8.70. The van der Waals surface area contributed by atoms with Crippen LogP contribution in [-0.4, -0.2) is 43.1 Å². The fourth-order valence-corrected chi connectivity index (χ4v) is 3.78. The summed E-state index contributed by atoms with van der Waals surface area (Å²) >= 11 is 7.05. The lowest BCUT2D eigenvalue weighted by molar-refractivity contribution is 0.0515. The number of benzene rings is 1. The maximum atomic E-state index is 11.7. The van der Waals surface area contributed by atoms with E-state index in [9.17, 15) is 9.59 Å². The van der Waals surface area contributed by atoms with Gasteiger partial charge in [0.25, 0.3) is 0 Å². The molecule has 0 fully saturated rings. The van der Waals surface area contributed by atoms with E-state index in [2.05, 4.69) is 42.5 Å². The molecule has 0 radical (unpaired) electrons. The molecule has 170 valence electrons. The summed E-state index contributed by atoms with van der Waals surface area (Å²) in [4.78, 5) is 23.3. The van der Waals surface area contributed by atoms with Gasteiger partial charge in [0.1, 0.15) is 17.0 Å². The van der Waals surface area contributed by atoms with Crippen LogP contribution in [0.25, 0.3) is 0 Å². The van der Waals surface area contributed by atoms with E-state index in [1.807, 2.05) is 53.7 Å². The number of rotatable bonds is 8. The first-order valence-corrected chi connectivity index (χ1v) is 11.4. The van der Waals surface area contributed by atoms with Crippen molar-refractivity contribution in [3.8, 4) is 5.75 Å². The summed E-state index contributed by atoms with van der Waals surface area (Å²) < 4.78 is 17.9. The van der Waals surface area contributed by atoms with Gasteiger partial charge in [-0.05, 0) is 104 Å². The molecule has 0 aliphatic carbocycles. The van der Waals surface area contributed by atoms with E-state index in [4.69, 9.17) is 14.2 Å². The van der Waals surface area contributed by atoms with Gasteiger partial charge in [-0.1, -0.05) is 0 Å². The first-order valence-electron chi connectivity index (χ1n) is 9.81. The summed E-state index contributed by atoms with van der Waals surface area (Å²) in [6, 6.07) is 3.91. The van der Waals surface area contributed by atoms with Crippen LogP contribution in [0.1, 0.15) is 53.5 Å². The molecule has 0 saturated carbocycles. The molecule has 0 unspecified atom stereocenters. The van der Waals surface area contributed by atoms with Gasteiger partial charge in [-0.2, -0.15) is 0 Å². The minimum atomic E-state index is -0.516. The first kappa shape index (κ1) is 26.6. The minimum Gasteiger partial charge on any atom is -0.491 e. The van der Waals surface area contributed by atoms with Crippen molar-refractivity contribution in [2.75, 3.05) is 19.7 Å². The van der Waals surface area contributed by atoms with Gasteiger partial charge in [-0.25, -0.2) is 9.59 Å². The number of amides is 2. The number of alkyl carbamates (subject to hydrolysis) is 2. The molecule has 0 aliphatic heterocycles. The van der Waals surface area contributed by atoms with Gasteiger partial charge >= 0.3 is 12.2 Å². The molecule has 0 saturated heterocycles. The lowest BCUT2D eigenvalue weighted by atomic mass is 10.1. The topological polar surface area (TPSA) is 85.9 Å². The number of nitrogens with one attached hydrogen (secondary N) is 2. The highest BCUT2D eigenvalue weighted by atomic mass is 79.9. The minimum absolute atomic E-state index is 0.430. The SMILES string of the molecule is CC(C)(C)OC(=O)NCCCOc1c(Br)cc(CCNC(=O)OC(C)(C)C)cc1Br. The molecule has 7 nitrogen and oxygen atoms in total. The van der Waals surface area contributed by atoms with Crippen molar-refractivity contribution in [1.29, 1.82) is 0 Å². The third kappa shape index (κ3) is 11.6. The highest BCUT2D eigenvalue weighted by Crippen LogP contribution is 2.35. The number of halogens is 2. The van der Waals surface area contributed by atoms with E-state index < -0.39 is 23.4 Å². The van der Waals surface area contributed by atoms with Gasteiger partial charge in [0.2, 0.25) is 0 Å². The third-order valence-electron chi connectivity index (χ3n) is 3.38. The molecule has 0 bridgehead atoms. The van der Waals surface area contributed by atoms with Crippen molar-refractivity contribution in [1.82, 2.24) is 10.6 Å². The number of hydrogen-bond acceptors (Lipinski definition) is 5. The Bertz CT molecular complexity index is 704. The summed E-state index contributed by atoms with van der Waals surface area (Å²) in [6.45, 7) is 12.3. The van der Waals surface area contributed by atoms with E-state index in [0.29, 0.717) is 38.3 Å². The van der Waals surface area contributed by atoms with Gasteiger partial charge in [-0.15, -0.1) is 0 Å². The number of carbonyl (C=O) groups excluding carboxylic acids is 2. The van der Waals surface area contributed by atoms with Gasteiger partial charge in [0.15, 0.2) is 0 Å². The van der Waals surface area contributed by atoms with E-state index in [-0.39, 0.29) is 0 Å². The number of hydrogen-bond donors (Lipinski definition) is 2. The number of ether oxygens (including phenoxy) is 3. The van der Waals surface area contributed by atoms with Crippen LogP contribution in [0.5, 0.6) is 5.75 Å². The molecule has 0 heterocycles. The fourth-order valence-electron chi connectivity index (χ4n) is 2.27. The summed E-state index contributed by atoms with van der Waals surface area (Å²) in [5.74, 6) is 0.691. The van der Waals surface area contributed by atoms with Crippen LogP contribution >= 0.6 is 31.9 Å². The normalized spacial score (nSPS) is 11.6. The smallest absolute Gasteiger partial charge is 0.407 e. The molecule has 30 heavy (non-hydrogen) atoms. The standard InChI is InChI=1S/C21H32Br2N2O5/c1-20(2,3)29-18(26)24-9-7-11-28-17-15(22)12-14(13-16(17)23)8-10-25-19(27)30-21(4,5)6/h12-13H,7-11H2,1-6H3,(H,24,26)(H,25,27). The van der Waals surface area contributed by atoms with Crippen molar-refractivity contribution in [3.63, 3.8) is 0 Å². The number of carbonyl (C=O) groups is 2. The van der Waals surface area contributed by atoms with Crippen molar-refractivity contribution >= 4 is 44.0 Å². The zero-order chi connectivity index (χ0) is 22.9. The van der Waals surface area contributed by atoms with Gasteiger partial charge in [0, 0.05) is 13.1 Å². The highest BCUT2D eigenvalue weighted by Gasteiger charge is 2.17. The van der Waals surface area contributed by atoms with Gasteiger partial charge < -0.3 is 24.8 Å². The van der Waals surface area contributed by atoms with E-state index in [0.717, 1.165) is 14.5 Å². The van der Waals surface area contributed by atoms with Crippen LogP contribution in [0.3, 0.4) is 0 Å². The van der Waals surface area contributed by atoms with Gasteiger partial charge in [-0.3, -0.25) is 0 Å². The Balaban J connectivity index is 2.42. The molecule has 0 aliphatic rings. The summed E-state index contributed by atoms with van der Waals surface area (Å²) in [5.41, 5.74) is 0.00152. The van der Waals surface area contributed by atoms with Crippen molar-refractivity contribution in [3.05, 3.63) is 26.6 Å². The third-order valence-corrected chi connectivity index (χ3v) is 4.55. The molecule has 1 rings (SSSR count). The second kappa shape index (κ2) is 11.8. The molecule has 2 N–H and O–H groups in total. The monoisotopic (exact) mass is 550 g/mol. The Morgan fingerprint density at radius 2 is 1.33 bits per heavy atom. The molecule has 2 amide bonds. The Morgan fingerprint density at radius 3 is 1.80 bits per heavy atom. The molecule has 0 spiro atoms. The summed E-state index contributed by atoms with van der Waals surface area (Å²) in [5, 5.41) is 5.45. The Hall–Kier alpha value is -1.48. The van der Waals surface area contributed by atoms with E-state index in [1.54, 1.807) is 0 Å². The maximum Gasteiger partial charge on any atom is 0.407 e. The second-order valence-corrected chi connectivity index (χ2v) is 10.4. The average molecular weight is 552 g/mol. The van der Waals surface area contributed by atoms with Crippen LogP contribution in [0.15, 0.2) is 21.1 Å². The summed E-state index contributed by atoms with van der Waals surface area (Å²) in [6.07, 6.45) is 0.422. The van der Waals surface area contributed by atoms with Crippen LogP contribution < -0.4 is 15.4 Å². The van der Waals surface area contributed by atoms with Gasteiger partial charge in [0.05, 0.1) is 15.6 Å². The average Bonchev–Trinajstić information content (AvgIpc) is 2.53. The van der Waals surface area contributed by atoms with Crippen LogP contribution in [0, 0.1) is 0 Å². The Labute approximate surface area is 195 Å². The zero-order valence-corrected chi connectivity index (χ0v) is 21.7. The highest BCUT2D eigenvalue weighted by molar-refractivity contribution is 9.11. The Morgan fingerprint density at radius 1 is 0.867 bits per heavy atom. The molecular weight excluding hydrogens is 520 g/mol. The van der Waals surface area contributed by atoms with Crippen LogP contribution in [0.2, 0.25) is 0 Å². The molecule has 1 aromatic rings. The van der Waals surface area contributed by atoms with Crippen LogP contribution in [-0.2, 0) is 15.9 Å². The maximum absolute atomic E-state index is 11.7.